The molecule has 1 N–H and O–H groups in total. The third-order valence-corrected chi connectivity index (χ3v) is 6.18. The van der Waals surface area contributed by atoms with Crippen LogP contribution in [0.25, 0.3) is 0 Å². The van der Waals surface area contributed by atoms with Crippen molar-refractivity contribution in [2.75, 3.05) is 45.6 Å². The Balaban J connectivity index is 0.00000288. The third kappa shape index (κ3) is 6.42. The number of hydrogen-bond donors (Lipinski definition) is 1. The van der Waals surface area contributed by atoms with Crippen LogP contribution in [0.5, 0.6) is 0 Å². The summed E-state index contributed by atoms with van der Waals surface area (Å²) < 4.78 is 23.6. The molecule has 8 heteroatoms. The van der Waals surface area contributed by atoms with Crippen molar-refractivity contribution in [3.8, 4) is 0 Å². The van der Waals surface area contributed by atoms with Crippen molar-refractivity contribution in [2.45, 2.75) is 50.6 Å². The summed E-state index contributed by atoms with van der Waals surface area (Å²) in [6, 6.07) is 0. The smallest absolute Gasteiger partial charge is 0.193 e. The summed E-state index contributed by atoms with van der Waals surface area (Å²) >= 11 is 0. The van der Waals surface area contributed by atoms with E-state index in [4.69, 9.17) is 9.47 Å². The number of aliphatic imine (C=N–C) groups is 1. The van der Waals surface area contributed by atoms with Crippen LogP contribution >= 0.6 is 24.0 Å². The molecular weight excluding hydrogens is 441 g/mol. The predicted octanol–water partition coefficient (Wildman–Crippen LogP) is 1.61. The molecule has 0 aromatic heterocycles. The highest BCUT2D eigenvalue weighted by atomic mass is 127. The lowest BCUT2D eigenvalue weighted by atomic mass is 10.1. The Morgan fingerprint density at radius 1 is 1.29 bits per heavy atom. The van der Waals surface area contributed by atoms with Crippen molar-refractivity contribution in [3.05, 3.63) is 0 Å². The van der Waals surface area contributed by atoms with Crippen molar-refractivity contribution in [1.29, 1.82) is 0 Å². The van der Waals surface area contributed by atoms with Crippen molar-refractivity contribution < 1.29 is 13.7 Å². The second-order valence-electron chi connectivity index (χ2n) is 7.04. The van der Waals surface area contributed by atoms with Gasteiger partial charge in [-0.2, -0.15) is 0 Å². The SMILES string of the molecule is CN=C(NCCS(=O)C(C)(C)C)N1CCOC(C2CCCO2)C1.I. The fourth-order valence-electron chi connectivity index (χ4n) is 2.88. The third-order valence-electron chi connectivity index (χ3n) is 4.24. The summed E-state index contributed by atoms with van der Waals surface area (Å²) in [5.41, 5.74) is 0. The zero-order valence-electron chi connectivity index (χ0n) is 15.2. The maximum Gasteiger partial charge on any atom is 0.193 e. The van der Waals surface area contributed by atoms with Gasteiger partial charge in [-0.05, 0) is 33.6 Å². The summed E-state index contributed by atoms with van der Waals surface area (Å²) in [5.74, 6) is 1.49. The number of nitrogens with zero attached hydrogens (tertiary/aromatic N) is 2. The molecule has 142 valence electrons. The molecule has 24 heavy (non-hydrogen) atoms. The van der Waals surface area contributed by atoms with Crippen molar-refractivity contribution in [2.24, 2.45) is 4.99 Å². The Morgan fingerprint density at radius 2 is 2.00 bits per heavy atom. The Labute approximate surface area is 165 Å². The van der Waals surface area contributed by atoms with Gasteiger partial charge in [-0.3, -0.25) is 9.20 Å². The minimum Gasteiger partial charge on any atom is -0.375 e. The highest BCUT2D eigenvalue weighted by Crippen LogP contribution is 2.21. The predicted molar refractivity (Wildman–Crippen MR) is 110 cm³/mol. The zero-order valence-corrected chi connectivity index (χ0v) is 18.4. The van der Waals surface area contributed by atoms with Crippen molar-refractivity contribution >= 4 is 40.7 Å². The topological polar surface area (TPSA) is 63.2 Å². The van der Waals surface area contributed by atoms with Crippen molar-refractivity contribution in [1.82, 2.24) is 10.2 Å². The van der Waals surface area contributed by atoms with E-state index < -0.39 is 10.8 Å². The molecule has 0 amide bonds. The van der Waals surface area contributed by atoms with Gasteiger partial charge in [-0.1, -0.05) is 0 Å². The minimum atomic E-state index is -0.850. The first-order chi connectivity index (χ1) is 10.9. The molecule has 2 aliphatic heterocycles. The van der Waals surface area contributed by atoms with E-state index in [2.05, 4.69) is 15.2 Å². The molecular formula is C16H32IN3O3S. The molecule has 0 radical (unpaired) electrons. The average Bonchev–Trinajstić information content (AvgIpc) is 3.05. The van der Waals surface area contributed by atoms with Gasteiger partial charge in [-0.15, -0.1) is 24.0 Å². The first kappa shape index (κ1) is 22.1. The van der Waals surface area contributed by atoms with Gasteiger partial charge in [0.25, 0.3) is 0 Å². The maximum atomic E-state index is 12.1. The lowest BCUT2D eigenvalue weighted by molar-refractivity contribution is -0.0816. The number of halogens is 1. The van der Waals surface area contributed by atoms with Crippen LogP contribution in [-0.2, 0) is 20.3 Å². The molecule has 6 nitrogen and oxygen atoms in total. The van der Waals surface area contributed by atoms with Crippen LogP contribution in [0.4, 0.5) is 0 Å². The van der Waals surface area contributed by atoms with E-state index >= 15 is 0 Å². The molecule has 2 fully saturated rings. The molecule has 0 saturated carbocycles. The van der Waals surface area contributed by atoms with Gasteiger partial charge in [0.2, 0.25) is 0 Å². The molecule has 0 spiro atoms. The summed E-state index contributed by atoms with van der Waals surface area (Å²) in [7, 11) is 0.941. The highest BCUT2D eigenvalue weighted by molar-refractivity contribution is 14.0. The quantitative estimate of drug-likeness (QED) is 0.382. The van der Waals surface area contributed by atoms with Crippen LogP contribution in [0.15, 0.2) is 4.99 Å². The van der Waals surface area contributed by atoms with E-state index in [0.29, 0.717) is 18.9 Å². The second kappa shape index (κ2) is 10.3. The molecule has 2 aliphatic rings. The van der Waals surface area contributed by atoms with Gasteiger partial charge in [0.15, 0.2) is 5.96 Å². The standard InChI is InChI=1S/C16H31N3O3S.HI/c1-16(2,3)23(20)11-7-18-15(17-4)19-8-10-22-14(12-19)13-6-5-9-21-13;/h13-14H,5-12H2,1-4H3,(H,17,18);1H. The molecule has 3 atom stereocenters. The van der Waals surface area contributed by atoms with Crippen molar-refractivity contribution in [3.63, 3.8) is 0 Å². The second-order valence-corrected chi connectivity index (χ2v) is 9.37. The Morgan fingerprint density at radius 3 is 2.58 bits per heavy atom. The monoisotopic (exact) mass is 473 g/mol. The molecule has 2 rings (SSSR count). The Kier molecular flexibility index (Phi) is 9.47. The van der Waals surface area contributed by atoms with Crippen LogP contribution in [0.3, 0.4) is 0 Å². The fourth-order valence-corrected chi connectivity index (χ4v) is 3.78. The fraction of sp³-hybridized carbons (Fsp3) is 0.938. The number of rotatable bonds is 4. The molecule has 3 unspecified atom stereocenters. The van der Waals surface area contributed by atoms with E-state index in [0.717, 1.165) is 38.5 Å². The van der Waals surface area contributed by atoms with Gasteiger partial charge in [-0.25, -0.2) is 0 Å². The van der Waals surface area contributed by atoms with E-state index in [9.17, 15) is 4.21 Å². The zero-order chi connectivity index (χ0) is 16.9. The normalized spacial score (nSPS) is 26.8. The van der Waals surface area contributed by atoms with Crippen LogP contribution in [-0.4, -0.2) is 77.7 Å². The van der Waals surface area contributed by atoms with Crippen LogP contribution in [0.1, 0.15) is 33.6 Å². The van der Waals surface area contributed by atoms with Crippen LogP contribution in [0, 0.1) is 0 Å². The minimum absolute atomic E-state index is 0. The number of morpholine rings is 1. The van der Waals surface area contributed by atoms with Gasteiger partial charge in [0.1, 0.15) is 6.10 Å². The number of ether oxygens (including phenoxy) is 2. The van der Waals surface area contributed by atoms with Gasteiger partial charge < -0.3 is 19.7 Å². The van der Waals surface area contributed by atoms with Gasteiger partial charge >= 0.3 is 0 Å². The van der Waals surface area contributed by atoms with E-state index in [1.807, 2.05) is 20.8 Å². The van der Waals surface area contributed by atoms with Gasteiger partial charge in [0, 0.05) is 54.6 Å². The largest absolute Gasteiger partial charge is 0.375 e. The number of guanidine groups is 1. The Hall–Kier alpha value is 0.0700. The summed E-state index contributed by atoms with van der Waals surface area (Å²) in [6.45, 7) is 9.84. The summed E-state index contributed by atoms with van der Waals surface area (Å²) in [6.07, 6.45) is 2.53. The molecule has 0 aliphatic carbocycles. The summed E-state index contributed by atoms with van der Waals surface area (Å²) in [5, 5.41) is 3.34. The number of nitrogens with one attached hydrogen (secondary N) is 1. The van der Waals surface area contributed by atoms with E-state index in [1.54, 1.807) is 7.05 Å². The molecule has 2 heterocycles. The molecule has 2 saturated heterocycles. The Bertz CT molecular complexity index is 437. The van der Waals surface area contributed by atoms with Crippen LogP contribution < -0.4 is 5.32 Å². The van der Waals surface area contributed by atoms with Crippen LogP contribution in [0.2, 0.25) is 0 Å². The lowest BCUT2D eigenvalue weighted by Crippen LogP contribution is -2.53. The average molecular weight is 473 g/mol. The maximum absolute atomic E-state index is 12.1. The van der Waals surface area contributed by atoms with E-state index in [-0.39, 0.29) is 40.9 Å². The first-order valence-corrected chi connectivity index (χ1v) is 9.81. The summed E-state index contributed by atoms with van der Waals surface area (Å²) in [4.78, 5) is 6.59. The first-order valence-electron chi connectivity index (χ1n) is 8.49. The lowest BCUT2D eigenvalue weighted by Gasteiger charge is -2.37. The molecule has 0 aromatic carbocycles. The molecule has 0 aromatic rings. The van der Waals surface area contributed by atoms with E-state index in [1.165, 1.54) is 0 Å². The highest BCUT2D eigenvalue weighted by Gasteiger charge is 2.32. The molecule has 0 bridgehead atoms. The number of hydrogen-bond acceptors (Lipinski definition) is 4. The van der Waals surface area contributed by atoms with Gasteiger partial charge in [0.05, 0.1) is 12.7 Å².